The van der Waals surface area contributed by atoms with Crippen LogP contribution in [-0.2, 0) is 13.5 Å². The summed E-state index contributed by atoms with van der Waals surface area (Å²) in [4.78, 5) is 4.57. The molecular weight excluding hydrogens is 275 g/mol. The maximum Gasteiger partial charge on any atom is 0.109 e. The van der Waals surface area contributed by atoms with E-state index in [-0.39, 0.29) is 0 Å². The quantitative estimate of drug-likeness (QED) is 0.790. The van der Waals surface area contributed by atoms with Crippen LogP contribution in [0.5, 0.6) is 0 Å². The standard InChI is InChI=1S/C11H12BrClN2/c1-15-10-7-8(12)4-5-9(10)14-11(15)3-2-6-13/h4-5,7H,2-3,6H2,1H3. The molecule has 0 radical (unpaired) electrons. The van der Waals surface area contributed by atoms with Gasteiger partial charge in [-0.05, 0) is 24.6 Å². The summed E-state index contributed by atoms with van der Waals surface area (Å²) in [7, 11) is 2.05. The number of aromatic nitrogens is 2. The number of nitrogens with zero attached hydrogens (tertiary/aromatic N) is 2. The number of aryl methyl sites for hydroxylation is 2. The molecule has 0 atom stereocenters. The van der Waals surface area contributed by atoms with Gasteiger partial charge in [-0.15, -0.1) is 11.6 Å². The minimum Gasteiger partial charge on any atom is -0.331 e. The Morgan fingerprint density at radius 2 is 2.27 bits per heavy atom. The lowest BCUT2D eigenvalue weighted by molar-refractivity contribution is 0.775. The summed E-state index contributed by atoms with van der Waals surface area (Å²) < 4.78 is 3.22. The van der Waals surface area contributed by atoms with Crippen LogP contribution in [0.15, 0.2) is 22.7 Å². The van der Waals surface area contributed by atoms with E-state index in [2.05, 4.69) is 31.5 Å². The van der Waals surface area contributed by atoms with Crippen molar-refractivity contribution in [2.75, 3.05) is 5.88 Å². The zero-order chi connectivity index (χ0) is 10.8. The minimum absolute atomic E-state index is 0.687. The molecule has 1 aromatic heterocycles. The maximum absolute atomic E-state index is 5.68. The van der Waals surface area contributed by atoms with Gasteiger partial charge in [0.1, 0.15) is 5.82 Å². The first-order valence-electron chi connectivity index (χ1n) is 4.89. The van der Waals surface area contributed by atoms with Gasteiger partial charge in [-0.3, -0.25) is 0 Å². The second-order valence-corrected chi connectivity index (χ2v) is 4.81. The predicted molar refractivity (Wildman–Crippen MR) is 67.5 cm³/mol. The van der Waals surface area contributed by atoms with E-state index < -0.39 is 0 Å². The van der Waals surface area contributed by atoms with E-state index in [1.807, 2.05) is 19.2 Å². The molecule has 0 amide bonds. The van der Waals surface area contributed by atoms with Crippen molar-refractivity contribution in [3.05, 3.63) is 28.5 Å². The first-order valence-corrected chi connectivity index (χ1v) is 6.22. The topological polar surface area (TPSA) is 17.8 Å². The highest BCUT2D eigenvalue weighted by Crippen LogP contribution is 2.20. The van der Waals surface area contributed by atoms with Crippen molar-refractivity contribution in [3.8, 4) is 0 Å². The fourth-order valence-electron chi connectivity index (χ4n) is 1.66. The van der Waals surface area contributed by atoms with Gasteiger partial charge in [0.05, 0.1) is 11.0 Å². The highest BCUT2D eigenvalue weighted by molar-refractivity contribution is 9.10. The monoisotopic (exact) mass is 286 g/mol. The van der Waals surface area contributed by atoms with E-state index in [9.17, 15) is 0 Å². The third kappa shape index (κ3) is 2.18. The Balaban J connectivity index is 2.45. The van der Waals surface area contributed by atoms with Crippen LogP contribution < -0.4 is 0 Å². The Labute approximate surface area is 102 Å². The van der Waals surface area contributed by atoms with Crippen molar-refractivity contribution in [3.63, 3.8) is 0 Å². The predicted octanol–water partition coefficient (Wildman–Crippen LogP) is 3.51. The molecule has 0 aliphatic rings. The molecule has 0 aliphatic carbocycles. The molecule has 0 spiro atoms. The van der Waals surface area contributed by atoms with Crippen LogP contribution in [0, 0.1) is 0 Å². The van der Waals surface area contributed by atoms with Crippen molar-refractivity contribution in [1.82, 2.24) is 9.55 Å². The number of rotatable bonds is 3. The lowest BCUT2D eigenvalue weighted by Crippen LogP contribution is -1.98. The number of hydrogen-bond donors (Lipinski definition) is 0. The molecular formula is C11H12BrClN2. The average Bonchev–Trinajstić information content (AvgIpc) is 2.53. The second kappa shape index (κ2) is 4.54. The molecule has 80 valence electrons. The van der Waals surface area contributed by atoms with Crippen LogP contribution in [0.2, 0.25) is 0 Å². The van der Waals surface area contributed by atoms with Gasteiger partial charge in [0.15, 0.2) is 0 Å². The fraction of sp³-hybridized carbons (Fsp3) is 0.364. The lowest BCUT2D eigenvalue weighted by Gasteiger charge is -2.00. The fourth-order valence-corrected chi connectivity index (χ4v) is 2.14. The van der Waals surface area contributed by atoms with Crippen LogP contribution in [0.3, 0.4) is 0 Å². The first-order chi connectivity index (χ1) is 7.22. The van der Waals surface area contributed by atoms with Crippen LogP contribution in [0.25, 0.3) is 11.0 Å². The summed E-state index contributed by atoms with van der Waals surface area (Å²) in [5.41, 5.74) is 2.21. The van der Waals surface area contributed by atoms with E-state index in [4.69, 9.17) is 11.6 Å². The Morgan fingerprint density at radius 1 is 1.47 bits per heavy atom. The summed E-state index contributed by atoms with van der Waals surface area (Å²) in [5, 5.41) is 0. The summed E-state index contributed by atoms with van der Waals surface area (Å²) >= 11 is 9.15. The third-order valence-corrected chi connectivity index (χ3v) is 3.23. The van der Waals surface area contributed by atoms with E-state index >= 15 is 0 Å². The van der Waals surface area contributed by atoms with Crippen LogP contribution in [0.4, 0.5) is 0 Å². The molecule has 0 unspecified atom stereocenters. The highest BCUT2D eigenvalue weighted by atomic mass is 79.9. The molecule has 0 saturated carbocycles. The Bertz CT molecular complexity index is 479. The number of benzene rings is 1. The molecule has 0 bridgehead atoms. The van der Waals surface area contributed by atoms with Gasteiger partial charge in [0.25, 0.3) is 0 Å². The van der Waals surface area contributed by atoms with Crippen LogP contribution in [0.1, 0.15) is 12.2 Å². The number of halogens is 2. The minimum atomic E-state index is 0.687. The van der Waals surface area contributed by atoms with Gasteiger partial charge in [0.2, 0.25) is 0 Å². The highest BCUT2D eigenvalue weighted by Gasteiger charge is 2.07. The number of imidazole rings is 1. The van der Waals surface area contributed by atoms with Gasteiger partial charge in [-0.25, -0.2) is 4.98 Å². The summed E-state index contributed by atoms with van der Waals surface area (Å²) in [6.45, 7) is 0. The molecule has 4 heteroatoms. The van der Waals surface area contributed by atoms with E-state index in [0.717, 1.165) is 34.2 Å². The molecule has 0 aliphatic heterocycles. The number of alkyl halides is 1. The maximum atomic E-state index is 5.68. The molecule has 15 heavy (non-hydrogen) atoms. The van der Waals surface area contributed by atoms with Crippen molar-refractivity contribution in [2.24, 2.45) is 7.05 Å². The van der Waals surface area contributed by atoms with Gasteiger partial charge >= 0.3 is 0 Å². The molecule has 2 nitrogen and oxygen atoms in total. The zero-order valence-electron chi connectivity index (χ0n) is 8.50. The van der Waals surface area contributed by atoms with Gasteiger partial charge in [-0.1, -0.05) is 15.9 Å². The van der Waals surface area contributed by atoms with Gasteiger partial charge in [-0.2, -0.15) is 0 Å². The number of fused-ring (bicyclic) bond motifs is 1. The smallest absolute Gasteiger partial charge is 0.109 e. The Hall–Kier alpha value is -0.540. The Kier molecular flexibility index (Phi) is 3.32. The van der Waals surface area contributed by atoms with Gasteiger partial charge < -0.3 is 4.57 Å². The normalized spacial score (nSPS) is 11.1. The molecule has 0 fully saturated rings. The first kappa shape index (κ1) is 11.0. The molecule has 2 aromatic rings. The molecule has 2 rings (SSSR count). The van der Waals surface area contributed by atoms with E-state index in [0.29, 0.717) is 5.88 Å². The van der Waals surface area contributed by atoms with Crippen LogP contribution >= 0.6 is 27.5 Å². The largest absolute Gasteiger partial charge is 0.331 e. The van der Waals surface area contributed by atoms with Crippen molar-refractivity contribution in [1.29, 1.82) is 0 Å². The zero-order valence-corrected chi connectivity index (χ0v) is 10.8. The van der Waals surface area contributed by atoms with E-state index in [1.54, 1.807) is 0 Å². The Morgan fingerprint density at radius 3 is 3.00 bits per heavy atom. The SMILES string of the molecule is Cn1c(CCCCl)nc2ccc(Br)cc21. The summed E-state index contributed by atoms with van der Waals surface area (Å²) in [5.74, 6) is 1.79. The second-order valence-electron chi connectivity index (χ2n) is 3.51. The van der Waals surface area contributed by atoms with E-state index in [1.165, 1.54) is 0 Å². The van der Waals surface area contributed by atoms with Crippen molar-refractivity contribution in [2.45, 2.75) is 12.8 Å². The molecule has 0 saturated heterocycles. The van der Waals surface area contributed by atoms with Crippen molar-refractivity contribution >= 4 is 38.6 Å². The molecule has 1 heterocycles. The number of hydrogen-bond acceptors (Lipinski definition) is 1. The molecule has 1 aromatic carbocycles. The van der Waals surface area contributed by atoms with Gasteiger partial charge in [0, 0.05) is 23.8 Å². The third-order valence-electron chi connectivity index (χ3n) is 2.47. The van der Waals surface area contributed by atoms with Crippen molar-refractivity contribution < 1.29 is 0 Å². The lowest BCUT2D eigenvalue weighted by atomic mass is 10.3. The average molecular weight is 288 g/mol. The summed E-state index contributed by atoms with van der Waals surface area (Å²) in [6.07, 6.45) is 1.91. The molecule has 0 N–H and O–H groups in total. The summed E-state index contributed by atoms with van der Waals surface area (Å²) in [6, 6.07) is 6.14. The van der Waals surface area contributed by atoms with Crippen LogP contribution in [-0.4, -0.2) is 15.4 Å².